The van der Waals surface area contributed by atoms with E-state index in [0.717, 1.165) is 31.2 Å². The van der Waals surface area contributed by atoms with Crippen molar-refractivity contribution in [3.8, 4) is 11.5 Å². The lowest BCUT2D eigenvalue weighted by atomic mass is 10.1. The molecule has 0 unspecified atom stereocenters. The Morgan fingerprint density at radius 3 is 2.35 bits per heavy atom. The van der Waals surface area contributed by atoms with Crippen LogP contribution in [0.3, 0.4) is 0 Å². The zero-order valence-corrected chi connectivity index (χ0v) is 15.7. The van der Waals surface area contributed by atoms with Crippen molar-refractivity contribution in [3.05, 3.63) is 23.8 Å². The van der Waals surface area contributed by atoms with Crippen LogP contribution in [0.25, 0.3) is 0 Å². The lowest BCUT2D eigenvalue weighted by molar-refractivity contribution is -0.142. The molecule has 0 bridgehead atoms. The number of benzene rings is 1. The van der Waals surface area contributed by atoms with Gasteiger partial charge in [0.2, 0.25) is 5.91 Å². The Morgan fingerprint density at radius 2 is 1.69 bits per heavy atom. The molecule has 6 nitrogen and oxygen atoms in total. The van der Waals surface area contributed by atoms with Crippen LogP contribution in [0.1, 0.15) is 31.2 Å². The Balaban J connectivity index is 1.47. The molecule has 6 heteroatoms. The second kappa shape index (κ2) is 8.43. The molecule has 1 aromatic carbocycles. The zero-order valence-electron chi connectivity index (χ0n) is 15.7. The third kappa shape index (κ3) is 4.29. The molecule has 1 aromatic rings. The van der Waals surface area contributed by atoms with Crippen molar-refractivity contribution in [1.82, 2.24) is 9.80 Å². The Morgan fingerprint density at radius 1 is 1.04 bits per heavy atom. The molecule has 1 aliphatic heterocycles. The maximum absolute atomic E-state index is 12.5. The Bertz CT molecular complexity index is 647. The van der Waals surface area contributed by atoms with E-state index < -0.39 is 0 Å². The van der Waals surface area contributed by atoms with E-state index >= 15 is 0 Å². The fourth-order valence-corrected chi connectivity index (χ4v) is 3.73. The topological polar surface area (TPSA) is 59.1 Å². The number of carbonyl (C=O) groups excluding carboxylic acids is 2. The first-order chi connectivity index (χ1) is 12.6. The van der Waals surface area contributed by atoms with Crippen molar-refractivity contribution in [2.75, 3.05) is 39.9 Å². The summed E-state index contributed by atoms with van der Waals surface area (Å²) in [6, 6.07) is 5.63. The standard InChI is InChI=1S/C20H28N2O4/c1-15-7-8-17(18(13-15)25-2)26-14-19(23)21-9-11-22(12-10-21)20(24)16-5-3-4-6-16/h7-8,13,16H,3-6,9-12,14H2,1-2H3. The van der Waals surface area contributed by atoms with E-state index in [9.17, 15) is 9.59 Å². The molecule has 1 heterocycles. The van der Waals surface area contributed by atoms with Gasteiger partial charge in [0.05, 0.1) is 7.11 Å². The maximum Gasteiger partial charge on any atom is 0.260 e. The first-order valence-electron chi connectivity index (χ1n) is 9.42. The fraction of sp³-hybridized carbons (Fsp3) is 0.600. The summed E-state index contributed by atoms with van der Waals surface area (Å²) in [5, 5.41) is 0. The van der Waals surface area contributed by atoms with Crippen LogP contribution < -0.4 is 9.47 Å². The number of carbonyl (C=O) groups is 2. The highest BCUT2D eigenvalue weighted by Crippen LogP contribution is 2.28. The number of nitrogens with zero attached hydrogens (tertiary/aromatic N) is 2. The summed E-state index contributed by atoms with van der Waals surface area (Å²) in [7, 11) is 1.59. The van der Waals surface area contributed by atoms with Crippen LogP contribution in [-0.4, -0.2) is 61.5 Å². The minimum absolute atomic E-state index is 0.0179. The van der Waals surface area contributed by atoms with Gasteiger partial charge in [0.15, 0.2) is 18.1 Å². The predicted molar refractivity (Wildman–Crippen MR) is 98.3 cm³/mol. The first-order valence-corrected chi connectivity index (χ1v) is 9.42. The second-order valence-corrected chi connectivity index (χ2v) is 7.13. The molecule has 0 spiro atoms. The minimum atomic E-state index is -0.0550. The van der Waals surface area contributed by atoms with E-state index in [2.05, 4.69) is 0 Å². The monoisotopic (exact) mass is 360 g/mol. The third-order valence-electron chi connectivity index (χ3n) is 5.32. The van der Waals surface area contributed by atoms with Gasteiger partial charge in [-0.1, -0.05) is 18.9 Å². The molecule has 0 N–H and O–H groups in total. The van der Waals surface area contributed by atoms with Gasteiger partial charge in [-0.2, -0.15) is 0 Å². The Kier molecular flexibility index (Phi) is 6.01. The van der Waals surface area contributed by atoms with Gasteiger partial charge in [-0.15, -0.1) is 0 Å². The Hall–Kier alpha value is -2.24. The lowest BCUT2D eigenvalue weighted by Gasteiger charge is -2.36. The number of ether oxygens (including phenoxy) is 2. The molecule has 3 rings (SSSR count). The predicted octanol–water partition coefficient (Wildman–Crippen LogP) is 2.24. The zero-order chi connectivity index (χ0) is 18.5. The summed E-state index contributed by atoms with van der Waals surface area (Å²) in [5.74, 6) is 1.62. The first kappa shape index (κ1) is 18.5. The van der Waals surface area contributed by atoms with Crippen molar-refractivity contribution in [2.24, 2.45) is 5.92 Å². The van der Waals surface area contributed by atoms with Gasteiger partial charge in [-0.3, -0.25) is 9.59 Å². The van der Waals surface area contributed by atoms with E-state index in [4.69, 9.17) is 9.47 Å². The Labute approximate surface area is 155 Å². The van der Waals surface area contributed by atoms with Gasteiger partial charge in [-0.05, 0) is 37.5 Å². The summed E-state index contributed by atoms with van der Waals surface area (Å²) < 4.78 is 11.0. The molecule has 26 heavy (non-hydrogen) atoms. The average Bonchev–Trinajstić information content (AvgIpc) is 3.21. The molecule has 2 aliphatic rings. The van der Waals surface area contributed by atoms with Crippen LogP contribution in [0.15, 0.2) is 18.2 Å². The van der Waals surface area contributed by atoms with Crippen LogP contribution >= 0.6 is 0 Å². The SMILES string of the molecule is COc1cc(C)ccc1OCC(=O)N1CCN(C(=O)C2CCCC2)CC1. The van der Waals surface area contributed by atoms with E-state index in [-0.39, 0.29) is 24.3 Å². The molecule has 1 saturated heterocycles. The van der Waals surface area contributed by atoms with E-state index in [1.54, 1.807) is 12.0 Å². The number of aryl methyl sites for hydroxylation is 1. The highest BCUT2D eigenvalue weighted by Gasteiger charge is 2.30. The smallest absolute Gasteiger partial charge is 0.260 e. The summed E-state index contributed by atoms with van der Waals surface area (Å²) in [4.78, 5) is 28.6. The molecule has 142 valence electrons. The molecule has 2 fully saturated rings. The molecular weight excluding hydrogens is 332 g/mol. The largest absolute Gasteiger partial charge is 0.493 e. The van der Waals surface area contributed by atoms with Gasteiger partial charge >= 0.3 is 0 Å². The number of rotatable bonds is 5. The molecule has 1 saturated carbocycles. The summed E-state index contributed by atoms with van der Waals surface area (Å²) >= 11 is 0. The van der Waals surface area contributed by atoms with E-state index in [1.807, 2.05) is 30.0 Å². The lowest BCUT2D eigenvalue weighted by Crippen LogP contribution is -2.52. The molecule has 0 aromatic heterocycles. The number of hydrogen-bond donors (Lipinski definition) is 0. The van der Waals surface area contributed by atoms with Gasteiger partial charge in [0, 0.05) is 32.1 Å². The number of amides is 2. The summed E-state index contributed by atoms with van der Waals surface area (Å²) in [5.41, 5.74) is 1.07. The van der Waals surface area contributed by atoms with Crippen molar-refractivity contribution in [3.63, 3.8) is 0 Å². The van der Waals surface area contributed by atoms with Crippen LogP contribution in [0.5, 0.6) is 11.5 Å². The number of piperazine rings is 1. The fourth-order valence-electron chi connectivity index (χ4n) is 3.73. The minimum Gasteiger partial charge on any atom is -0.493 e. The average molecular weight is 360 g/mol. The van der Waals surface area contributed by atoms with Crippen molar-refractivity contribution in [1.29, 1.82) is 0 Å². The summed E-state index contributed by atoms with van der Waals surface area (Å²) in [6.07, 6.45) is 4.36. The van der Waals surface area contributed by atoms with Gasteiger partial charge in [0.25, 0.3) is 5.91 Å². The molecule has 2 amide bonds. The molecule has 1 aliphatic carbocycles. The van der Waals surface area contributed by atoms with Gasteiger partial charge in [-0.25, -0.2) is 0 Å². The van der Waals surface area contributed by atoms with Gasteiger partial charge in [0.1, 0.15) is 0 Å². The summed E-state index contributed by atoms with van der Waals surface area (Å²) in [6.45, 7) is 4.35. The van der Waals surface area contributed by atoms with E-state index in [1.165, 1.54) is 0 Å². The van der Waals surface area contributed by atoms with Crippen molar-refractivity contribution >= 4 is 11.8 Å². The van der Waals surface area contributed by atoms with Crippen LogP contribution in [-0.2, 0) is 9.59 Å². The number of hydrogen-bond acceptors (Lipinski definition) is 4. The van der Waals surface area contributed by atoms with Crippen LogP contribution in [0, 0.1) is 12.8 Å². The normalized spacial score (nSPS) is 18.1. The van der Waals surface area contributed by atoms with Gasteiger partial charge < -0.3 is 19.3 Å². The molecular formula is C20H28N2O4. The highest BCUT2D eigenvalue weighted by atomic mass is 16.5. The molecule has 0 radical (unpaired) electrons. The maximum atomic E-state index is 12.5. The van der Waals surface area contributed by atoms with E-state index in [0.29, 0.717) is 37.7 Å². The van der Waals surface area contributed by atoms with Crippen molar-refractivity contribution < 1.29 is 19.1 Å². The number of methoxy groups -OCH3 is 1. The van der Waals surface area contributed by atoms with Crippen LogP contribution in [0.2, 0.25) is 0 Å². The third-order valence-corrected chi connectivity index (χ3v) is 5.32. The molecule has 0 atom stereocenters. The quantitative estimate of drug-likeness (QED) is 0.808. The van der Waals surface area contributed by atoms with Crippen LogP contribution in [0.4, 0.5) is 0 Å². The second-order valence-electron chi connectivity index (χ2n) is 7.13. The highest BCUT2D eigenvalue weighted by molar-refractivity contribution is 5.80. The van der Waals surface area contributed by atoms with Crippen molar-refractivity contribution in [2.45, 2.75) is 32.6 Å².